The van der Waals surface area contributed by atoms with Crippen LogP contribution in [0.5, 0.6) is 0 Å². The Hall–Kier alpha value is -2.81. The summed E-state index contributed by atoms with van der Waals surface area (Å²) >= 11 is 0. The molecule has 0 bridgehead atoms. The summed E-state index contributed by atoms with van der Waals surface area (Å²) in [6, 6.07) is 7.45. The van der Waals surface area contributed by atoms with Gasteiger partial charge in [-0.25, -0.2) is 0 Å². The van der Waals surface area contributed by atoms with Gasteiger partial charge in [-0.3, -0.25) is 14.4 Å². The van der Waals surface area contributed by atoms with Crippen LogP contribution in [0.2, 0.25) is 0 Å². The Labute approximate surface area is 129 Å². The Morgan fingerprint density at radius 3 is 2.32 bits per heavy atom. The van der Waals surface area contributed by atoms with Gasteiger partial charge in [-0.2, -0.15) is 0 Å². The van der Waals surface area contributed by atoms with Crippen LogP contribution in [0.15, 0.2) is 30.3 Å². The molecule has 2 atom stereocenters. The van der Waals surface area contributed by atoms with Gasteiger partial charge in [0, 0.05) is 19.8 Å². The molecule has 6 heteroatoms. The normalized spacial score (nSPS) is 12.5. The van der Waals surface area contributed by atoms with E-state index in [0.29, 0.717) is 6.42 Å². The lowest BCUT2D eigenvalue weighted by Gasteiger charge is -2.20. The Kier molecular flexibility index (Phi) is 6.64. The number of carbonyl (C=O) groups excluding carboxylic acids is 3. The lowest BCUT2D eigenvalue weighted by Crippen LogP contribution is -2.53. The molecule has 0 saturated heterocycles. The number of carbonyl (C=O) groups is 3. The van der Waals surface area contributed by atoms with Gasteiger partial charge in [-0.05, 0) is 5.56 Å². The number of benzene rings is 1. The number of terminal acetylenes is 1. The molecule has 0 fully saturated rings. The molecule has 1 rings (SSSR count). The molecule has 0 unspecified atom stereocenters. The van der Waals surface area contributed by atoms with Crippen molar-refractivity contribution in [1.82, 2.24) is 10.6 Å². The summed E-state index contributed by atoms with van der Waals surface area (Å²) in [5.41, 5.74) is 6.07. The number of nitrogens with one attached hydrogen (secondary N) is 2. The molecule has 0 heterocycles. The van der Waals surface area contributed by atoms with Crippen molar-refractivity contribution in [2.45, 2.75) is 31.8 Å². The molecule has 0 radical (unpaired) electrons. The Morgan fingerprint density at radius 1 is 1.18 bits per heavy atom. The lowest BCUT2D eigenvalue weighted by atomic mass is 10.0. The fourth-order valence-electron chi connectivity index (χ4n) is 1.92. The van der Waals surface area contributed by atoms with Crippen molar-refractivity contribution in [3.63, 3.8) is 0 Å². The largest absolute Gasteiger partial charge is 0.368 e. The van der Waals surface area contributed by atoms with Gasteiger partial charge in [0.2, 0.25) is 17.7 Å². The van der Waals surface area contributed by atoms with E-state index in [2.05, 4.69) is 16.6 Å². The fourth-order valence-corrected chi connectivity index (χ4v) is 1.92. The Bertz CT molecular complexity index is 578. The van der Waals surface area contributed by atoms with Crippen LogP contribution in [-0.2, 0) is 20.8 Å². The zero-order chi connectivity index (χ0) is 16.5. The molecule has 0 spiro atoms. The highest BCUT2D eigenvalue weighted by atomic mass is 16.2. The number of rotatable bonds is 7. The van der Waals surface area contributed by atoms with Gasteiger partial charge in [0.1, 0.15) is 12.1 Å². The maximum absolute atomic E-state index is 12.3. The highest BCUT2D eigenvalue weighted by Gasteiger charge is 2.24. The smallest absolute Gasteiger partial charge is 0.243 e. The van der Waals surface area contributed by atoms with Crippen molar-refractivity contribution in [1.29, 1.82) is 0 Å². The Balaban J connectivity index is 2.82. The molecule has 22 heavy (non-hydrogen) atoms. The van der Waals surface area contributed by atoms with E-state index in [4.69, 9.17) is 12.2 Å². The number of hydrogen-bond acceptors (Lipinski definition) is 3. The van der Waals surface area contributed by atoms with Crippen LogP contribution in [0.4, 0.5) is 0 Å². The molecule has 0 aliphatic rings. The average molecular weight is 301 g/mol. The summed E-state index contributed by atoms with van der Waals surface area (Å²) < 4.78 is 0. The number of amides is 3. The van der Waals surface area contributed by atoms with Crippen LogP contribution in [0, 0.1) is 12.3 Å². The van der Waals surface area contributed by atoms with Gasteiger partial charge in [0.15, 0.2) is 0 Å². The summed E-state index contributed by atoms with van der Waals surface area (Å²) in [5.74, 6) is 0.720. The number of primary amides is 1. The molecule has 6 nitrogen and oxygen atoms in total. The minimum Gasteiger partial charge on any atom is -0.368 e. The first-order chi connectivity index (χ1) is 10.4. The minimum atomic E-state index is -0.954. The third kappa shape index (κ3) is 5.67. The third-order valence-corrected chi connectivity index (χ3v) is 2.96. The van der Waals surface area contributed by atoms with Crippen molar-refractivity contribution in [2.75, 3.05) is 0 Å². The topological polar surface area (TPSA) is 101 Å². The maximum Gasteiger partial charge on any atom is 0.243 e. The predicted octanol–water partition coefficient (Wildman–Crippen LogP) is -0.273. The van der Waals surface area contributed by atoms with E-state index < -0.39 is 23.9 Å². The first-order valence-electron chi connectivity index (χ1n) is 6.78. The number of hydrogen-bond donors (Lipinski definition) is 3. The first kappa shape index (κ1) is 17.2. The molecular weight excluding hydrogens is 282 g/mol. The van der Waals surface area contributed by atoms with Crippen molar-refractivity contribution < 1.29 is 14.4 Å². The summed E-state index contributed by atoms with van der Waals surface area (Å²) in [7, 11) is 0. The molecule has 3 amide bonds. The van der Waals surface area contributed by atoms with Gasteiger partial charge < -0.3 is 16.4 Å². The third-order valence-electron chi connectivity index (χ3n) is 2.96. The summed E-state index contributed by atoms with van der Waals surface area (Å²) in [6.07, 6.45) is 5.44. The lowest BCUT2D eigenvalue weighted by molar-refractivity contribution is -0.130. The maximum atomic E-state index is 12.3. The monoisotopic (exact) mass is 301 g/mol. The second-order valence-electron chi connectivity index (χ2n) is 4.81. The van der Waals surface area contributed by atoms with Crippen molar-refractivity contribution >= 4 is 17.7 Å². The average Bonchev–Trinajstić information content (AvgIpc) is 2.46. The molecule has 4 N–H and O–H groups in total. The van der Waals surface area contributed by atoms with Gasteiger partial charge >= 0.3 is 0 Å². The molecular formula is C16H19N3O3. The van der Waals surface area contributed by atoms with E-state index in [-0.39, 0.29) is 12.3 Å². The Morgan fingerprint density at radius 2 is 1.82 bits per heavy atom. The summed E-state index contributed by atoms with van der Waals surface area (Å²) in [4.78, 5) is 34.8. The minimum absolute atomic E-state index is 0.000792. The fraction of sp³-hybridized carbons (Fsp3) is 0.312. The van der Waals surface area contributed by atoms with Crippen LogP contribution in [0.3, 0.4) is 0 Å². The second-order valence-corrected chi connectivity index (χ2v) is 4.81. The second kappa shape index (κ2) is 8.47. The van der Waals surface area contributed by atoms with Crippen LogP contribution in [0.1, 0.15) is 18.9 Å². The van der Waals surface area contributed by atoms with Gasteiger partial charge in [-0.1, -0.05) is 30.3 Å². The summed E-state index contributed by atoms with van der Waals surface area (Å²) in [6.45, 7) is 1.32. The predicted molar refractivity (Wildman–Crippen MR) is 82.3 cm³/mol. The molecule has 0 saturated carbocycles. The van der Waals surface area contributed by atoms with Crippen LogP contribution < -0.4 is 16.4 Å². The quantitative estimate of drug-likeness (QED) is 0.604. The molecule has 1 aromatic rings. The molecule has 0 aromatic heterocycles. The van der Waals surface area contributed by atoms with E-state index in [1.54, 1.807) is 0 Å². The van der Waals surface area contributed by atoms with E-state index in [1.807, 2.05) is 30.3 Å². The van der Waals surface area contributed by atoms with Crippen molar-refractivity contribution in [3.05, 3.63) is 35.9 Å². The van der Waals surface area contributed by atoms with E-state index in [9.17, 15) is 14.4 Å². The van der Waals surface area contributed by atoms with Crippen LogP contribution in [-0.4, -0.2) is 29.8 Å². The molecule has 1 aromatic carbocycles. The zero-order valence-electron chi connectivity index (χ0n) is 12.3. The molecule has 116 valence electrons. The van der Waals surface area contributed by atoms with Crippen molar-refractivity contribution in [3.8, 4) is 12.3 Å². The highest BCUT2D eigenvalue weighted by molar-refractivity contribution is 5.91. The summed E-state index contributed by atoms with van der Waals surface area (Å²) in [5, 5.41) is 5.03. The first-order valence-corrected chi connectivity index (χ1v) is 6.78. The highest BCUT2D eigenvalue weighted by Crippen LogP contribution is 2.04. The number of nitrogens with two attached hydrogens (primary N) is 1. The van der Waals surface area contributed by atoms with Crippen LogP contribution in [0.25, 0.3) is 0 Å². The van der Waals surface area contributed by atoms with Gasteiger partial charge in [0.05, 0.1) is 0 Å². The zero-order valence-corrected chi connectivity index (χ0v) is 12.3. The van der Waals surface area contributed by atoms with Crippen LogP contribution >= 0.6 is 0 Å². The SMILES string of the molecule is C#CC[C@@H](NC(=O)[C@@H](Cc1ccccc1)NC(C)=O)C(N)=O. The van der Waals surface area contributed by atoms with E-state index >= 15 is 0 Å². The molecule has 0 aliphatic heterocycles. The molecule has 0 aliphatic carbocycles. The van der Waals surface area contributed by atoms with Crippen molar-refractivity contribution in [2.24, 2.45) is 5.73 Å². The van der Waals surface area contributed by atoms with Gasteiger partial charge in [0.25, 0.3) is 0 Å². The van der Waals surface area contributed by atoms with E-state index in [0.717, 1.165) is 5.56 Å². The van der Waals surface area contributed by atoms with Gasteiger partial charge in [-0.15, -0.1) is 12.3 Å². The van der Waals surface area contributed by atoms with E-state index in [1.165, 1.54) is 6.92 Å². The standard InChI is InChI=1S/C16H19N3O3/c1-3-7-13(15(17)21)19-16(22)14(18-11(2)20)10-12-8-5-4-6-9-12/h1,4-6,8-9,13-14H,7,10H2,2H3,(H2,17,21)(H,18,20)(H,19,22)/t13-,14-/m1/s1.